The standard InChI is InChI=1S/C23H34N4O5/c1-15(2)16(3)24-22(29)17-6-9-27(10-7-17)11-8-21(28)26-23(30)25-18-4-5-19-20(14-18)32-13-12-31-19/h4-5,14-17H,6-13H2,1-3H3,(H,24,29)(H2,25,26,28,30). The van der Waals surface area contributed by atoms with Crippen molar-refractivity contribution in [2.24, 2.45) is 11.8 Å². The average molecular weight is 447 g/mol. The van der Waals surface area contributed by atoms with E-state index in [1.54, 1.807) is 18.2 Å². The summed E-state index contributed by atoms with van der Waals surface area (Å²) in [4.78, 5) is 38.8. The Morgan fingerprint density at radius 1 is 1.06 bits per heavy atom. The smallest absolute Gasteiger partial charge is 0.325 e. The normalized spacial score (nSPS) is 17.5. The molecule has 3 rings (SSSR count). The molecule has 2 aliphatic rings. The highest BCUT2D eigenvalue weighted by molar-refractivity contribution is 6.01. The number of fused-ring (bicyclic) bond motifs is 1. The Kier molecular flexibility index (Phi) is 8.33. The van der Waals surface area contributed by atoms with Crippen LogP contribution in [0, 0.1) is 11.8 Å². The topological polar surface area (TPSA) is 109 Å². The predicted molar refractivity (Wildman–Crippen MR) is 121 cm³/mol. The summed E-state index contributed by atoms with van der Waals surface area (Å²) in [5.74, 6) is 1.41. The van der Waals surface area contributed by atoms with E-state index in [-0.39, 0.29) is 30.2 Å². The van der Waals surface area contributed by atoms with Gasteiger partial charge in [-0.3, -0.25) is 14.9 Å². The molecule has 0 radical (unpaired) electrons. The highest BCUT2D eigenvalue weighted by Crippen LogP contribution is 2.32. The van der Waals surface area contributed by atoms with E-state index >= 15 is 0 Å². The molecule has 4 amide bonds. The predicted octanol–water partition coefficient (Wildman–Crippen LogP) is 2.37. The minimum Gasteiger partial charge on any atom is -0.486 e. The third-order valence-electron chi connectivity index (χ3n) is 6.04. The number of carbonyl (C=O) groups excluding carboxylic acids is 3. The molecule has 9 heteroatoms. The first kappa shape index (κ1) is 23.8. The van der Waals surface area contributed by atoms with E-state index in [0.717, 1.165) is 25.9 Å². The molecule has 3 N–H and O–H groups in total. The number of nitrogens with one attached hydrogen (secondary N) is 3. The van der Waals surface area contributed by atoms with Crippen LogP contribution in [0.2, 0.25) is 0 Å². The van der Waals surface area contributed by atoms with Gasteiger partial charge in [-0.05, 0) is 50.9 Å². The van der Waals surface area contributed by atoms with Gasteiger partial charge in [0, 0.05) is 36.7 Å². The number of anilines is 1. The third-order valence-corrected chi connectivity index (χ3v) is 6.04. The van der Waals surface area contributed by atoms with Gasteiger partial charge < -0.3 is 25.0 Å². The Labute approximate surface area is 189 Å². The van der Waals surface area contributed by atoms with Gasteiger partial charge in [-0.2, -0.15) is 0 Å². The summed E-state index contributed by atoms with van der Waals surface area (Å²) >= 11 is 0. The first-order valence-corrected chi connectivity index (χ1v) is 11.3. The van der Waals surface area contributed by atoms with Gasteiger partial charge in [0.25, 0.3) is 0 Å². The van der Waals surface area contributed by atoms with Crippen molar-refractivity contribution in [2.45, 2.75) is 46.1 Å². The number of benzene rings is 1. The van der Waals surface area contributed by atoms with Gasteiger partial charge in [0.1, 0.15) is 13.2 Å². The van der Waals surface area contributed by atoms with Crippen molar-refractivity contribution in [1.82, 2.24) is 15.5 Å². The fourth-order valence-electron chi connectivity index (χ4n) is 3.66. The largest absolute Gasteiger partial charge is 0.486 e. The molecule has 1 aromatic carbocycles. The Bertz CT molecular complexity index is 821. The maximum Gasteiger partial charge on any atom is 0.325 e. The number of hydrogen-bond donors (Lipinski definition) is 3. The van der Waals surface area contributed by atoms with Gasteiger partial charge in [-0.25, -0.2) is 4.79 Å². The van der Waals surface area contributed by atoms with Crippen LogP contribution in [0.3, 0.4) is 0 Å². The summed E-state index contributed by atoms with van der Waals surface area (Å²) in [6.07, 6.45) is 1.78. The zero-order valence-electron chi connectivity index (χ0n) is 19.1. The molecule has 0 aliphatic carbocycles. The van der Waals surface area contributed by atoms with Crippen LogP contribution < -0.4 is 25.4 Å². The van der Waals surface area contributed by atoms with Crippen LogP contribution in [0.5, 0.6) is 11.5 Å². The molecule has 32 heavy (non-hydrogen) atoms. The minimum atomic E-state index is -0.582. The quantitative estimate of drug-likeness (QED) is 0.593. The van der Waals surface area contributed by atoms with E-state index in [4.69, 9.17) is 9.47 Å². The van der Waals surface area contributed by atoms with Crippen molar-refractivity contribution < 1.29 is 23.9 Å². The number of imide groups is 1. The maximum absolute atomic E-state index is 12.4. The van der Waals surface area contributed by atoms with Crippen LogP contribution in [0.25, 0.3) is 0 Å². The van der Waals surface area contributed by atoms with E-state index in [1.807, 2.05) is 6.92 Å². The van der Waals surface area contributed by atoms with Gasteiger partial charge in [-0.15, -0.1) is 0 Å². The Balaban J connectivity index is 1.35. The first-order valence-electron chi connectivity index (χ1n) is 11.3. The second-order valence-corrected chi connectivity index (χ2v) is 8.77. The van der Waals surface area contributed by atoms with Crippen molar-refractivity contribution in [3.8, 4) is 11.5 Å². The minimum absolute atomic E-state index is 0.0260. The summed E-state index contributed by atoms with van der Waals surface area (Å²) in [5.41, 5.74) is 0.520. The van der Waals surface area contributed by atoms with Crippen LogP contribution >= 0.6 is 0 Å². The van der Waals surface area contributed by atoms with E-state index in [0.29, 0.717) is 42.9 Å². The van der Waals surface area contributed by atoms with Crippen LogP contribution in [0.15, 0.2) is 18.2 Å². The fraction of sp³-hybridized carbons (Fsp3) is 0.609. The van der Waals surface area contributed by atoms with Gasteiger partial charge in [0.2, 0.25) is 11.8 Å². The number of rotatable bonds is 7. The number of ether oxygens (including phenoxy) is 2. The van der Waals surface area contributed by atoms with Gasteiger partial charge in [0.15, 0.2) is 11.5 Å². The second-order valence-electron chi connectivity index (χ2n) is 8.77. The average Bonchev–Trinajstić information content (AvgIpc) is 2.77. The lowest BCUT2D eigenvalue weighted by Crippen LogP contribution is -2.45. The van der Waals surface area contributed by atoms with Crippen molar-refractivity contribution >= 4 is 23.5 Å². The second kappa shape index (κ2) is 11.2. The molecule has 1 atom stereocenters. The Morgan fingerprint density at radius 3 is 2.44 bits per heavy atom. The lowest BCUT2D eigenvalue weighted by molar-refractivity contribution is -0.127. The van der Waals surface area contributed by atoms with Crippen molar-refractivity contribution in [3.63, 3.8) is 0 Å². The zero-order valence-corrected chi connectivity index (χ0v) is 19.1. The molecule has 0 saturated carbocycles. The van der Waals surface area contributed by atoms with Gasteiger partial charge in [-0.1, -0.05) is 13.8 Å². The molecule has 2 heterocycles. The van der Waals surface area contributed by atoms with Crippen LogP contribution in [0.1, 0.15) is 40.0 Å². The Hall–Kier alpha value is -2.81. The van der Waals surface area contributed by atoms with Crippen LogP contribution in [0.4, 0.5) is 10.5 Å². The number of hydrogen-bond acceptors (Lipinski definition) is 6. The van der Waals surface area contributed by atoms with E-state index in [2.05, 4.69) is 34.7 Å². The molecular weight excluding hydrogens is 412 g/mol. The third kappa shape index (κ3) is 6.85. The number of piperidine rings is 1. The van der Waals surface area contributed by atoms with Gasteiger partial charge in [0.05, 0.1) is 0 Å². The monoisotopic (exact) mass is 446 g/mol. The molecule has 9 nitrogen and oxygen atoms in total. The Morgan fingerprint density at radius 2 is 1.75 bits per heavy atom. The summed E-state index contributed by atoms with van der Waals surface area (Å²) in [6.45, 7) is 9.26. The lowest BCUT2D eigenvalue weighted by atomic mass is 9.94. The lowest BCUT2D eigenvalue weighted by Gasteiger charge is -2.32. The summed E-state index contributed by atoms with van der Waals surface area (Å²) in [6, 6.07) is 4.67. The van der Waals surface area contributed by atoms with E-state index in [1.165, 1.54) is 0 Å². The molecule has 0 bridgehead atoms. The highest BCUT2D eigenvalue weighted by Gasteiger charge is 2.26. The summed E-state index contributed by atoms with van der Waals surface area (Å²) in [7, 11) is 0. The van der Waals surface area contributed by atoms with E-state index in [9.17, 15) is 14.4 Å². The number of likely N-dealkylation sites (tertiary alicyclic amines) is 1. The molecule has 1 saturated heterocycles. The van der Waals surface area contributed by atoms with Crippen LogP contribution in [-0.4, -0.2) is 61.6 Å². The number of urea groups is 1. The molecule has 176 valence electrons. The van der Waals surface area contributed by atoms with Crippen molar-refractivity contribution in [3.05, 3.63) is 18.2 Å². The maximum atomic E-state index is 12.4. The van der Waals surface area contributed by atoms with Crippen molar-refractivity contribution in [2.75, 3.05) is 38.2 Å². The molecule has 2 aliphatic heterocycles. The molecule has 1 fully saturated rings. The molecular formula is C23H34N4O5. The molecule has 1 unspecified atom stereocenters. The fourth-order valence-corrected chi connectivity index (χ4v) is 3.66. The summed E-state index contributed by atoms with van der Waals surface area (Å²) < 4.78 is 10.9. The first-order chi connectivity index (χ1) is 15.3. The van der Waals surface area contributed by atoms with Crippen molar-refractivity contribution in [1.29, 1.82) is 0 Å². The molecule has 0 aromatic heterocycles. The zero-order chi connectivity index (χ0) is 23.1. The summed E-state index contributed by atoms with van der Waals surface area (Å²) in [5, 5.41) is 8.08. The highest BCUT2D eigenvalue weighted by atomic mass is 16.6. The van der Waals surface area contributed by atoms with Crippen LogP contribution in [-0.2, 0) is 9.59 Å². The number of carbonyl (C=O) groups is 3. The SMILES string of the molecule is CC(C)C(C)NC(=O)C1CCN(CCC(=O)NC(=O)Nc2ccc3c(c2)OCCO3)CC1. The molecule has 0 spiro atoms. The van der Waals surface area contributed by atoms with Gasteiger partial charge >= 0.3 is 6.03 Å². The number of nitrogens with zero attached hydrogens (tertiary/aromatic N) is 1. The number of amides is 4. The van der Waals surface area contributed by atoms with E-state index < -0.39 is 6.03 Å². The molecule has 1 aromatic rings.